The number of thiophene rings is 1. The molecule has 3 rings (SSSR count). The Morgan fingerprint density at radius 2 is 2.10 bits per heavy atom. The molecule has 0 saturated carbocycles. The van der Waals surface area contributed by atoms with E-state index in [1.807, 2.05) is 18.2 Å². The van der Waals surface area contributed by atoms with Crippen LogP contribution in [0.2, 0.25) is 0 Å². The summed E-state index contributed by atoms with van der Waals surface area (Å²) in [6.07, 6.45) is 7.49. The fourth-order valence-corrected chi connectivity index (χ4v) is 4.21. The van der Waals surface area contributed by atoms with Crippen molar-refractivity contribution < 1.29 is 9.47 Å². The molecule has 168 valence electrons. The van der Waals surface area contributed by atoms with Crippen LogP contribution in [-0.4, -0.2) is 45.4 Å². The number of halogens is 1. The summed E-state index contributed by atoms with van der Waals surface area (Å²) in [6.45, 7) is 5.77. The van der Waals surface area contributed by atoms with Gasteiger partial charge in [0.2, 0.25) is 0 Å². The molecule has 1 aliphatic rings. The molecule has 0 unspecified atom stereocenters. The molecular formula is C23H31IN4O2S. The Morgan fingerprint density at radius 1 is 1.29 bits per heavy atom. The first-order valence-electron chi connectivity index (χ1n) is 10.3. The van der Waals surface area contributed by atoms with Crippen LogP contribution in [0.4, 0.5) is 5.00 Å². The van der Waals surface area contributed by atoms with E-state index < -0.39 is 0 Å². The van der Waals surface area contributed by atoms with Crippen LogP contribution in [0.3, 0.4) is 0 Å². The lowest BCUT2D eigenvalue weighted by Crippen LogP contribution is -2.48. The number of guanidine groups is 1. The molecular weight excluding hydrogens is 523 g/mol. The molecule has 1 fully saturated rings. The number of hydrogen-bond acceptors (Lipinski definition) is 5. The van der Waals surface area contributed by atoms with Crippen LogP contribution in [0.15, 0.2) is 40.7 Å². The highest BCUT2D eigenvalue weighted by Gasteiger charge is 2.20. The quantitative estimate of drug-likeness (QED) is 0.223. The third-order valence-corrected chi connectivity index (χ3v) is 5.89. The number of anilines is 1. The van der Waals surface area contributed by atoms with Gasteiger partial charge in [-0.1, -0.05) is 12.0 Å². The fourth-order valence-electron chi connectivity index (χ4n) is 3.43. The minimum atomic E-state index is 0. The van der Waals surface area contributed by atoms with Gasteiger partial charge in [0.1, 0.15) is 6.61 Å². The van der Waals surface area contributed by atoms with Gasteiger partial charge in [0.15, 0.2) is 17.5 Å². The number of nitrogens with one attached hydrogen (secondary N) is 2. The van der Waals surface area contributed by atoms with Crippen LogP contribution in [0, 0.1) is 12.3 Å². The molecule has 1 aromatic heterocycles. The Hall–Kier alpha value is -2.12. The summed E-state index contributed by atoms with van der Waals surface area (Å²) in [7, 11) is 1.62. The Labute approximate surface area is 206 Å². The van der Waals surface area contributed by atoms with Crippen molar-refractivity contribution in [1.82, 2.24) is 10.6 Å². The van der Waals surface area contributed by atoms with Gasteiger partial charge < -0.3 is 25.0 Å². The van der Waals surface area contributed by atoms with E-state index in [0.29, 0.717) is 24.1 Å². The smallest absolute Gasteiger partial charge is 0.191 e. The molecule has 0 atom stereocenters. The zero-order valence-electron chi connectivity index (χ0n) is 18.1. The van der Waals surface area contributed by atoms with Crippen molar-refractivity contribution in [3.8, 4) is 23.8 Å². The Bertz CT molecular complexity index is 859. The molecule has 2 heterocycles. The van der Waals surface area contributed by atoms with E-state index >= 15 is 0 Å². The van der Waals surface area contributed by atoms with E-state index in [-0.39, 0.29) is 30.6 Å². The number of ether oxygens (including phenoxy) is 2. The Balaban J connectivity index is 0.00000341. The molecule has 31 heavy (non-hydrogen) atoms. The summed E-state index contributed by atoms with van der Waals surface area (Å²) in [6, 6.07) is 10.5. The molecule has 0 aliphatic carbocycles. The molecule has 1 aliphatic heterocycles. The van der Waals surface area contributed by atoms with Gasteiger partial charge in [0.25, 0.3) is 0 Å². The van der Waals surface area contributed by atoms with Crippen molar-refractivity contribution in [3.63, 3.8) is 0 Å². The minimum absolute atomic E-state index is 0. The molecule has 0 radical (unpaired) electrons. The molecule has 0 bridgehead atoms. The van der Waals surface area contributed by atoms with E-state index in [1.54, 1.807) is 18.4 Å². The number of nitrogens with zero attached hydrogens (tertiary/aromatic N) is 2. The molecule has 0 amide bonds. The van der Waals surface area contributed by atoms with Crippen LogP contribution in [0.1, 0.15) is 25.3 Å². The topological polar surface area (TPSA) is 58.1 Å². The van der Waals surface area contributed by atoms with Crippen molar-refractivity contribution in [1.29, 1.82) is 0 Å². The number of rotatable bonds is 8. The van der Waals surface area contributed by atoms with E-state index in [4.69, 9.17) is 20.9 Å². The van der Waals surface area contributed by atoms with Gasteiger partial charge in [-0.25, -0.2) is 4.99 Å². The summed E-state index contributed by atoms with van der Waals surface area (Å²) < 4.78 is 10.9. The highest BCUT2D eigenvalue weighted by molar-refractivity contribution is 14.0. The third-order valence-electron chi connectivity index (χ3n) is 4.96. The first-order valence-corrected chi connectivity index (χ1v) is 11.2. The third kappa shape index (κ3) is 7.51. The van der Waals surface area contributed by atoms with E-state index in [1.165, 1.54) is 5.00 Å². The number of methoxy groups -OCH3 is 1. The fraction of sp³-hybridized carbons (Fsp3) is 0.435. The van der Waals surface area contributed by atoms with Gasteiger partial charge in [0.05, 0.1) is 18.7 Å². The summed E-state index contributed by atoms with van der Waals surface area (Å²) >= 11 is 1.81. The van der Waals surface area contributed by atoms with Crippen molar-refractivity contribution in [2.45, 2.75) is 32.4 Å². The monoisotopic (exact) mass is 554 g/mol. The van der Waals surface area contributed by atoms with Crippen molar-refractivity contribution in [3.05, 3.63) is 41.3 Å². The van der Waals surface area contributed by atoms with Crippen LogP contribution < -0.4 is 25.0 Å². The first kappa shape index (κ1) is 25.1. The molecule has 2 N–H and O–H groups in total. The van der Waals surface area contributed by atoms with Crippen LogP contribution >= 0.6 is 35.3 Å². The normalized spacial score (nSPS) is 14.4. The van der Waals surface area contributed by atoms with E-state index in [0.717, 1.165) is 44.0 Å². The van der Waals surface area contributed by atoms with Crippen molar-refractivity contribution in [2.24, 2.45) is 4.99 Å². The second-order valence-electron chi connectivity index (χ2n) is 7.03. The number of benzene rings is 1. The summed E-state index contributed by atoms with van der Waals surface area (Å²) in [5.74, 6) is 4.63. The Morgan fingerprint density at radius 3 is 2.74 bits per heavy atom. The number of piperidine rings is 1. The summed E-state index contributed by atoms with van der Waals surface area (Å²) in [5.41, 5.74) is 1.03. The number of terminal acetylenes is 1. The van der Waals surface area contributed by atoms with Crippen LogP contribution in [0.5, 0.6) is 11.5 Å². The van der Waals surface area contributed by atoms with Gasteiger partial charge in [-0.3, -0.25) is 0 Å². The van der Waals surface area contributed by atoms with E-state index in [2.05, 4.69) is 45.9 Å². The summed E-state index contributed by atoms with van der Waals surface area (Å²) in [5, 5.41) is 10.4. The van der Waals surface area contributed by atoms with Gasteiger partial charge in [0, 0.05) is 25.7 Å². The molecule has 1 saturated heterocycles. The second-order valence-corrected chi connectivity index (χ2v) is 7.96. The molecule has 8 heteroatoms. The van der Waals surface area contributed by atoms with Gasteiger partial charge >= 0.3 is 0 Å². The first-order chi connectivity index (χ1) is 14.7. The van der Waals surface area contributed by atoms with Gasteiger partial charge in [-0.05, 0) is 55.0 Å². The maximum absolute atomic E-state index is 5.59. The zero-order chi connectivity index (χ0) is 21.2. The molecule has 1 aromatic carbocycles. The number of hydrogen-bond donors (Lipinski definition) is 2. The van der Waals surface area contributed by atoms with Gasteiger partial charge in [-0.2, -0.15) is 0 Å². The lowest BCUT2D eigenvalue weighted by Gasteiger charge is -2.33. The predicted molar refractivity (Wildman–Crippen MR) is 140 cm³/mol. The molecule has 2 aromatic rings. The van der Waals surface area contributed by atoms with Crippen molar-refractivity contribution >= 4 is 46.3 Å². The molecule has 0 spiro atoms. The van der Waals surface area contributed by atoms with Gasteiger partial charge in [-0.15, -0.1) is 41.7 Å². The second kappa shape index (κ2) is 13.3. The van der Waals surface area contributed by atoms with Crippen molar-refractivity contribution in [2.75, 3.05) is 38.3 Å². The lowest BCUT2D eigenvalue weighted by molar-refractivity contribution is 0.330. The average molecular weight is 554 g/mol. The largest absolute Gasteiger partial charge is 0.493 e. The predicted octanol–water partition coefficient (Wildman–Crippen LogP) is 4.11. The lowest BCUT2D eigenvalue weighted by atomic mass is 10.1. The highest BCUT2D eigenvalue weighted by atomic mass is 127. The summed E-state index contributed by atoms with van der Waals surface area (Å²) in [4.78, 5) is 7.23. The standard InChI is InChI=1S/C23H30N4O2S.HI/c1-4-14-29-21-16-18(8-9-20(21)28-3)17-25-23(24-5-2)26-19-10-12-27(13-11-19)22-7-6-15-30-22;/h1,6-9,15-16,19H,5,10-14,17H2,2-3H3,(H2,24,25,26);1H. The maximum Gasteiger partial charge on any atom is 0.191 e. The SMILES string of the molecule is C#CCOc1cc(CN=C(NCC)NC2CCN(c3cccs3)CC2)ccc1OC.I. The van der Waals surface area contributed by atoms with Crippen LogP contribution in [0.25, 0.3) is 0 Å². The average Bonchev–Trinajstić information content (AvgIpc) is 3.31. The minimum Gasteiger partial charge on any atom is -0.493 e. The Kier molecular flexibility index (Phi) is 10.8. The zero-order valence-corrected chi connectivity index (χ0v) is 21.2. The molecule has 6 nitrogen and oxygen atoms in total. The van der Waals surface area contributed by atoms with Crippen LogP contribution in [-0.2, 0) is 6.54 Å². The number of aliphatic imine (C=N–C) groups is 1. The highest BCUT2D eigenvalue weighted by Crippen LogP contribution is 2.28. The van der Waals surface area contributed by atoms with E-state index in [9.17, 15) is 0 Å². The maximum atomic E-state index is 5.59.